The second-order valence-corrected chi connectivity index (χ2v) is 9.71. The van der Waals surface area contributed by atoms with Crippen LogP contribution < -0.4 is 5.32 Å². The fraction of sp³-hybridized carbons (Fsp3) is 0.300. The Morgan fingerprint density at radius 1 is 1.20 bits per heavy atom. The van der Waals surface area contributed by atoms with Crippen LogP contribution in [0.1, 0.15) is 59.1 Å². The lowest BCUT2D eigenvalue weighted by molar-refractivity contribution is -0.111. The molecular weight excluding hydrogens is 432 g/mol. The Balaban J connectivity index is 1.64. The number of aromatic nitrogens is 2. The lowest BCUT2D eigenvalue weighted by Gasteiger charge is -2.37. The maximum Gasteiger partial charge on any atom is 0.248 e. The molecule has 1 aromatic carbocycles. The summed E-state index contributed by atoms with van der Waals surface area (Å²) in [5.41, 5.74) is 6.12. The van der Waals surface area contributed by atoms with E-state index in [2.05, 4.69) is 60.8 Å². The van der Waals surface area contributed by atoms with E-state index < -0.39 is 0 Å². The van der Waals surface area contributed by atoms with Crippen LogP contribution in [-0.4, -0.2) is 15.5 Å². The molecule has 1 aromatic heterocycles. The first-order valence-electron chi connectivity index (χ1n) is 11.9. The molecule has 0 saturated carbocycles. The van der Waals surface area contributed by atoms with Crippen molar-refractivity contribution in [1.29, 1.82) is 5.26 Å². The quantitative estimate of drug-likeness (QED) is 0.350. The van der Waals surface area contributed by atoms with Gasteiger partial charge in [-0.2, -0.15) is 5.26 Å². The number of nitriles is 1. The molecule has 5 heteroatoms. The summed E-state index contributed by atoms with van der Waals surface area (Å²) in [6, 6.07) is 9.21. The number of anilines is 1. The first-order chi connectivity index (χ1) is 16.7. The van der Waals surface area contributed by atoms with Crippen LogP contribution in [0.4, 0.5) is 5.69 Å². The van der Waals surface area contributed by atoms with Gasteiger partial charge < -0.3 is 9.88 Å². The molecule has 0 saturated heterocycles. The number of imidazole rings is 1. The van der Waals surface area contributed by atoms with Gasteiger partial charge in [0.15, 0.2) is 0 Å². The molecule has 35 heavy (non-hydrogen) atoms. The highest BCUT2D eigenvalue weighted by Crippen LogP contribution is 2.45. The Morgan fingerprint density at radius 2 is 1.94 bits per heavy atom. The van der Waals surface area contributed by atoms with Gasteiger partial charge in [0.25, 0.3) is 0 Å². The van der Waals surface area contributed by atoms with Crippen LogP contribution in [0, 0.1) is 16.7 Å². The molecule has 180 valence electrons. The van der Waals surface area contributed by atoms with Gasteiger partial charge in [0, 0.05) is 24.2 Å². The van der Waals surface area contributed by atoms with Crippen molar-refractivity contribution in [2.45, 2.75) is 53.5 Å². The summed E-state index contributed by atoms with van der Waals surface area (Å²) >= 11 is 0. The van der Waals surface area contributed by atoms with Gasteiger partial charge in [0.1, 0.15) is 0 Å². The summed E-state index contributed by atoms with van der Waals surface area (Å²) in [6.45, 7) is 10.8. The number of nitrogens with zero attached hydrogens (tertiary/aromatic N) is 3. The Hall–Kier alpha value is -3.91. The third-order valence-electron chi connectivity index (χ3n) is 6.45. The van der Waals surface area contributed by atoms with Gasteiger partial charge in [-0.1, -0.05) is 49.8 Å². The molecule has 3 rings (SSSR count). The molecule has 2 aromatic rings. The molecule has 5 nitrogen and oxygen atoms in total. The second kappa shape index (κ2) is 11.5. The molecule has 0 aliphatic heterocycles. The summed E-state index contributed by atoms with van der Waals surface area (Å²) in [7, 11) is 0. The smallest absolute Gasteiger partial charge is 0.248 e. The average Bonchev–Trinajstić information content (AvgIpc) is 3.33. The Kier molecular flexibility index (Phi) is 8.43. The highest BCUT2D eigenvalue weighted by atomic mass is 16.1. The van der Waals surface area contributed by atoms with Crippen molar-refractivity contribution in [2.75, 3.05) is 5.32 Å². The molecule has 1 unspecified atom stereocenters. The van der Waals surface area contributed by atoms with Crippen LogP contribution in [0.5, 0.6) is 0 Å². The lowest BCUT2D eigenvalue weighted by Crippen LogP contribution is -2.25. The van der Waals surface area contributed by atoms with E-state index in [0.717, 1.165) is 24.0 Å². The summed E-state index contributed by atoms with van der Waals surface area (Å²) in [4.78, 5) is 16.5. The number of rotatable bonds is 7. The number of benzene rings is 1. The molecule has 1 aliphatic rings. The highest BCUT2D eigenvalue weighted by Gasteiger charge is 2.32. The number of hydrogen-bond acceptors (Lipinski definition) is 3. The van der Waals surface area contributed by atoms with E-state index >= 15 is 0 Å². The Bertz CT molecular complexity index is 1230. The minimum atomic E-state index is -0.202. The molecule has 1 heterocycles. The Labute approximate surface area is 208 Å². The van der Waals surface area contributed by atoms with Crippen LogP contribution in [0.2, 0.25) is 0 Å². The van der Waals surface area contributed by atoms with Crippen LogP contribution in [-0.2, 0) is 4.79 Å². The fourth-order valence-electron chi connectivity index (χ4n) is 4.43. The summed E-state index contributed by atoms with van der Waals surface area (Å²) in [6.07, 6.45) is 19.9. The maximum atomic E-state index is 12.2. The second-order valence-electron chi connectivity index (χ2n) is 9.71. The topological polar surface area (TPSA) is 70.7 Å². The van der Waals surface area contributed by atoms with Crippen molar-refractivity contribution in [1.82, 2.24) is 9.55 Å². The summed E-state index contributed by atoms with van der Waals surface area (Å²) in [5.74, 6) is -0.202. The fourth-order valence-corrected chi connectivity index (χ4v) is 4.43. The first kappa shape index (κ1) is 25.7. The van der Waals surface area contributed by atoms with Crippen molar-refractivity contribution in [3.63, 3.8) is 0 Å². The number of carbonyl (C=O) groups is 1. The van der Waals surface area contributed by atoms with E-state index in [1.54, 1.807) is 30.3 Å². The highest BCUT2D eigenvalue weighted by molar-refractivity contribution is 6.00. The van der Waals surface area contributed by atoms with Crippen molar-refractivity contribution in [3.8, 4) is 6.07 Å². The van der Waals surface area contributed by atoms with E-state index in [9.17, 15) is 4.79 Å². The molecule has 1 aliphatic carbocycles. The first-order valence-corrected chi connectivity index (χ1v) is 11.9. The molecule has 1 amide bonds. The average molecular weight is 467 g/mol. The van der Waals surface area contributed by atoms with Gasteiger partial charge in [0.2, 0.25) is 5.91 Å². The minimum absolute atomic E-state index is 0.134. The maximum absolute atomic E-state index is 12.2. The molecule has 0 spiro atoms. The minimum Gasteiger partial charge on any atom is -0.330 e. The number of nitrogens with one attached hydrogen (secondary N) is 1. The zero-order valence-electron chi connectivity index (χ0n) is 21.2. The largest absolute Gasteiger partial charge is 0.330 e. The van der Waals surface area contributed by atoms with E-state index in [0.29, 0.717) is 17.3 Å². The van der Waals surface area contributed by atoms with Crippen LogP contribution in [0.3, 0.4) is 0 Å². The molecule has 0 fully saturated rings. The van der Waals surface area contributed by atoms with Crippen molar-refractivity contribution >= 4 is 11.6 Å². The predicted octanol–water partition coefficient (Wildman–Crippen LogP) is 7.08. The molecule has 0 radical (unpaired) electrons. The van der Waals surface area contributed by atoms with Crippen LogP contribution >= 0.6 is 0 Å². The predicted molar refractivity (Wildman–Crippen MR) is 143 cm³/mol. The van der Waals surface area contributed by atoms with Gasteiger partial charge in [-0.25, -0.2) is 4.98 Å². The summed E-state index contributed by atoms with van der Waals surface area (Å²) in [5, 5.41) is 11.7. The standard InChI is InChI=1S/C30H34N4O/c1-22(7-6-8-23(2)19-29(35)33-26-12-10-25(20-31)11-13-26)9-14-27-24(3)28(15-16-30(27,4)5)34-18-17-32-21-34/h6-14,17-19,21,28H,15-16H2,1-5H3,(H,33,35). The van der Waals surface area contributed by atoms with Gasteiger partial charge in [0.05, 0.1) is 24.0 Å². The van der Waals surface area contributed by atoms with Gasteiger partial charge in [-0.05, 0) is 80.0 Å². The van der Waals surface area contributed by atoms with E-state index in [-0.39, 0.29) is 11.3 Å². The van der Waals surface area contributed by atoms with E-state index in [1.165, 1.54) is 11.1 Å². The molecule has 1 N–H and O–H groups in total. The zero-order chi connectivity index (χ0) is 25.4. The summed E-state index contributed by atoms with van der Waals surface area (Å²) < 4.78 is 2.20. The van der Waals surface area contributed by atoms with Crippen molar-refractivity contribution in [2.24, 2.45) is 5.41 Å². The monoisotopic (exact) mass is 466 g/mol. The zero-order valence-corrected chi connectivity index (χ0v) is 21.2. The van der Waals surface area contributed by atoms with Gasteiger partial charge in [-0.3, -0.25) is 4.79 Å². The van der Waals surface area contributed by atoms with Gasteiger partial charge >= 0.3 is 0 Å². The molecular formula is C30H34N4O. The third-order valence-corrected chi connectivity index (χ3v) is 6.45. The number of allylic oxidation sites excluding steroid dienone is 9. The van der Waals surface area contributed by atoms with Crippen LogP contribution in [0.15, 0.2) is 102 Å². The van der Waals surface area contributed by atoms with Crippen LogP contribution in [0.25, 0.3) is 0 Å². The lowest BCUT2D eigenvalue weighted by atomic mass is 9.71. The van der Waals surface area contributed by atoms with E-state index in [4.69, 9.17) is 5.26 Å². The number of carbonyl (C=O) groups excluding carboxylic acids is 1. The number of hydrogen-bond donors (Lipinski definition) is 1. The third kappa shape index (κ3) is 7.04. The van der Waals surface area contributed by atoms with Crippen molar-refractivity contribution < 1.29 is 4.79 Å². The van der Waals surface area contributed by atoms with E-state index in [1.807, 2.05) is 43.9 Å². The SMILES string of the molecule is CC(C=CC1=C(C)C(n2ccnc2)CCC1(C)C)=CC=CC(C)=CC(=O)Nc1ccc(C#N)cc1. The molecule has 0 bridgehead atoms. The molecule has 1 atom stereocenters. The number of amides is 1. The van der Waals surface area contributed by atoms with Gasteiger partial charge in [-0.15, -0.1) is 0 Å². The Morgan fingerprint density at radius 3 is 2.60 bits per heavy atom. The normalized spacial score (nSPS) is 18.8. The van der Waals surface area contributed by atoms with Crippen molar-refractivity contribution in [3.05, 3.63) is 107 Å².